The molecule has 0 aliphatic carbocycles. The van der Waals surface area contributed by atoms with Gasteiger partial charge in [0.15, 0.2) is 6.10 Å². The Balaban J connectivity index is 1.59. The third-order valence-electron chi connectivity index (χ3n) is 3.66. The topological polar surface area (TPSA) is 56.8 Å². The van der Waals surface area contributed by atoms with Gasteiger partial charge in [-0.15, -0.1) is 0 Å². The van der Waals surface area contributed by atoms with E-state index in [0.29, 0.717) is 35.6 Å². The molecule has 2 rings (SSSR count). The molecule has 1 heterocycles. The molecule has 1 aliphatic heterocycles. The molecule has 1 N–H and O–H groups in total. The number of carbonyl (C=O) groups is 1. The van der Waals surface area contributed by atoms with Gasteiger partial charge in [-0.05, 0) is 44.4 Å². The maximum Gasteiger partial charge on any atom is 0.260 e. The third kappa shape index (κ3) is 6.48. The number of rotatable bonds is 9. The second-order valence-electron chi connectivity index (χ2n) is 5.69. The molecule has 1 fully saturated rings. The molecule has 0 saturated carbocycles. The number of amides is 1. The van der Waals surface area contributed by atoms with Gasteiger partial charge in [0.05, 0.1) is 17.7 Å². The molecule has 0 aromatic heterocycles. The smallest absolute Gasteiger partial charge is 0.260 e. The van der Waals surface area contributed by atoms with E-state index < -0.39 is 6.10 Å². The monoisotopic (exact) mass is 375 g/mol. The fraction of sp³-hybridized carbons (Fsp3) is 0.588. The molecule has 0 bridgehead atoms. The van der Waals surface area contributed by atoms with Crippen molar-refractivity contribution in [3.8, 4) is 5.75 Å². The Labute approximate surface area is 152 Å². The van der Waals surface area contributed by atoms with Crippen LogP contribution in [0.2, 0.25) is 10.0 Å². The molecule has 1 saturated heterocycles. The summed E-state index contributed by atoms with van der Waals surface area (Å²) >= 11 is 11.9. The Morgan fingerprint density at radius 3 is 3.00 bits per heavy atom. The minimum atomic E-state index is -0.642. The lowest BCUT2D eigenvalue weighted by molar-refractivity contribution is -0.127. The molecule has 7 heteroatoms. The van der Waals surface area contributed by atoms with Crippen LogP contribution in [0.5, 0.6) is 5.75 Å². The normalized spacial score (nSPS) is 18.4. The van der Waals surface area contributed by atoms with Gasteiger partial charge in [-0.1, -0.05) is 23.2 Å². The van der Waals surface area contributed by atoms with Crippen molar-refractivity contribution < 1.29 is 19.0 Å². The van der Waals surface area contributed by atoms with Crippen molar-refractivity contribution in [2.45, 2.75) is 38.4 Å². The van der Waals surface area contributed by atoms with Crippen LogP contribution in [-0.2, 0) is 14.3 Å². The molecule has 1 aromatic carbocycles. The second kappa shape index (κ2) is 10.1. The first-order chi connectivity index (χ1) is 11.6. The van der Waals surface area contributed by atoms with E-state index in [1.54, 1.807) is 25.1 Å². The van der Waals surface area contributed by atoms with E-state index in [0.717, 1.165) is 25.9 Å². The summed E-state index contributed by atoms with van der Waals surface area (Å²) in [7, 11) is 0. The van der Waals surface area contributed by atoms with E-state index in [1.807, 2.05) is 0 Å². The predicted molar refractivity (Wildman–Crippen MR) is 94.0 cm³/mol. The Morgan fingerprint density at radius 1 is 1.46 bits per heavy atom. The summed E-state index contributed by atoms with van der Waals surface area (Å²) in [4.78, 5) is 12.0. The van der Waals surface area contributed by atoms with Gasteiger partial charge in [0, 0.05) is 24.8 Å². The highest BCUT2D eigenvalue weighted by Gasteiger charge is 2.16. The molecule has 2 unspecified atom stereocenters. The minimum absolute atomic E-state index is 0.194. The van der Waals surface area contributed by atoms with Crippen molar-refractivity contribution >= 4 is 29.1 Å². The largest absolute Gasteiger partial charge is 0.479 e. The van der Waals surface area contributed by atoms with Gasteiger partial charge in [-0.2, -0.15) is 0 Å². The average Bonchev–Trinajstić information content (AvgIpc) is 3.06. The molecule has 0 spiro atoms. The first kappa shape index (κ1) is 19.3. The molecular weight excluding hydrogens is 353 g/mol. The van der Waals surface area contributed by atoms with Gasteiger partial charge >= 0.3 is 0 Å². The van der Waals surface area contributed by atoms with E-state index in [1.165, 1.54) is 0 Å². The number of hydrogen-bond donors (Lipinski definition) is 1. The van der Waals surface area contributed by atoms with Crippen LogP contribution in [0.3, 0.4) is 0 Å². The first-order valence-corrected chi connectivity index (χ1v) is 8.90. The van der Waals surface area contributed by atoms with E-state index in [9.17, 15) is 4.79 Å². The lowest BCUT2D eigenvalue weighted by Gasteiger charge is -2.16. The van der Waals surface area contributed by atoms with Crippen molar-refractivity contribution in [2.75, 3.05) is 26.4 Å². The maximum absolute atomic E-state index is 12.0. The highest BCUT2D eigenvalue weighted by molar-refractivity contribution is 6.35. The van der Waals surface area contributed by atoms with E-state index >= 15 is 0 Å². The highest BCUT2D eigenvalue weighted by atomic mass is 35.5. The summed E-state index contributed by atoms with van der Waals surface area (Å²) in [6.07, 6.45) is 2.51. The van der Waals surface area contributed by atoms with Crippen LogP contribution in [0.25, 0.3) is 0 Å². The van der Waals surface area contributed by atoms with Crippen LogP contribution >= 0.6 is 23.2 Å². The SMILES string of the molecule is CC(Oc1ccc(Cl)cc1Cl)C(=O)NCCCOCC1CCCO1. The summed E-state index contributed by atoms with van der Waals surface area (Å²) in [5, 5.41) is 3.72. The first-order valence-electron chi connectivity index (χ1n) is 8.15. The second-order valence-corrected chi connectivity index (χ2v) is 6.53. The van der Waals surface area contributed by atoms with Gasteiger partial charge in [-0.25, -0.2) is 0 Å². The van der Waals surface area contributed by atoms with Crippen molar-refractivity contribution in [1.29, 1.82) is 0 Å². The minimum Gasteiger partial charge on any atom is -0.479 e. The van der Waals surface area contributed by atoms with Crippen molar-refractivity contribution in [2.24, 2.45) is 0 Å². The Kier molecular flexibility index (Phi) is 8.12. The van der Waals surface area contributed by atoms with Crippen LogP contribution in [0.15, 0.2) is 18.2 Å². The van der Waals surface area contributed by atoms with Gasteiger partial charge in [-0.3, -0.25) is 4.79 Å². The number of halogens is 2. The predicted octanol–water partition coefficient (Wildman–Crippen LogP) is 3.46. The van der Waals surface area contributed by atoms with Crippen molar-refractivity contribution in [1.82, 2.24) is 5.32 Å². The fourth-order valence-electron chi connectivity index (χ4n) is 2.33. The maximum atomic E-state index is 12.0. The van der Waals surface area contributed by atoms with Crippen LogP contribution in [0, 0.1) is 0 Å². The van der Waals surface area contributed by atoms with Crippen LogP contribution < -0.4 is 10.1 Å². The molecule has 1 aliphatic rings. The van der Waals surface area contributed by atoms with Crippen LogP contribution in [-0.4, -0.2) is 44.5 Å². The molecule has 134 valence electrons. The van der Waals surface area contributed by atoms with E-state index in [4.69, 9.17) is 37.4 Å². The Morgan fingerprint density at radius 2 is 2.29 bits per heavy atom. The third-order valence-corrected chi connectivity index (χ3v) is 4.19. The number of nitrogens with one attached hydrogen (secondary N) is 1. The molecule has 0 radical (unpaired) electrons. The summed E-state index contributed by atoms with van der Waals surface area (Å²) in [5.74, 6) is 0.240. The van der Waals surface area contributed by atoms with Gasteiger partial charge in [0.1, 0.15) is 5.75 Å². The summed E-state index contributed by atoms with van der Waals surface area (Å²) in [5.41, 5.74) is 0. The molecule has 24 heavy (non-hydrogen) atoms. The number of hydrogen-bond acceptors (Lipinski definition) is 4. The average molecular weight is 376 g/mol. The fourth-order valence-corrected chi connectivity index (χ4v) is 2.79. The summed E-state index contributed by atoms with van der Waals surface area (Å²) in [6.45, 7) is 4.27. The van der Waals surface area contributed by atoms with Gasteiger partial charge < -0.3 is 19.5 Å². The number of benzene rings is 1. The van der Waals surface area contributed by atoms with Gasteiger partial charge in [0.2, 0.25) is 0 Å². The molecule has 1 amide bonds. The Bertz CT molecular complexity index is 535. The zero-order chi connectivity index (χ0) is 17.4. The number of ether oxygens (including phenoxy) is 3. The highest BCUT2D eigenvalue weighted by Crippen LogP contribution is 2.28. The van der Waals surface area contributed by atoms with Crippen molar-refractivity contribution in [3.63, 3.8) is 0 Å². The summed E-state index contributed by atoms with van der Waals surface area (Å²) < 4.78 is 16.6. The lowest BCUT2D eigenvalue weighted by Crippen LogP contribution is -2.37. The molecule has 2 atom stereocenters. The lowest BCUT2D eigenvalue weighted by atomic mass is 10.2. The van der Waals surface area contributed by atoms with Crippen LogP contribution in [0.1, 0.15) is 26.2 Å². The van der Waals surface area contributed by atoms with Crippen LogP contribution in [0.4, 0.5) is 0 Å². The number of carbonyl (C=O) groups excluding carboxylic acids is 1. The standard InChI is InChI=1S/C17H23Cl2NO4/c1-12(24-16-6-5-13(18)10-15(16)19)17(21)20-7-3-8-22-11-14-4-2-9-23-14/h5-6,10,12,14H,2-4,7-9,11H2,1H3,(H,20,21). The van der Waals surface area contributed by atoms with E-state index in [-0.39, 0.29) is 12.0 Å². The van der Waals surface area contributed by atoms with E-state index in [2.05, 4.69) is 5.32 Å². The zero-order valence-corrected chi connectivity index (χ0v) is 15.2. The summed E-state index contributed by atoms with van der Waals surface area (Å²) in [6, 6.07) is 4.89. The molecule has 1 aromatic rings. The molecule has 5 nitrogen and oxygen atoms in total. The quantitative estimate of drug-likeness (QED) is 0.671. The zero-order valence-electron chi connectivity index (χ0n) is 13.7. The van der Waals surface area contributed by atoms with Crippen molar-refractivity contribution in [3.05, 3.63) is 28.2 Å². The van der Waals surface area contributed by atoms with Gasteiger partial charge in [0.25, 0.3) is 5.91 Å². The molecular formula is C17H23Cl2NO4. The Hall–Kier alpha value is -1.01.